The molecule has 3 rings (SSSR count). The number of ether oxygens (including phenoxy) is 1. The maximum Gasteiger partial charge on any atom is 0.271 e. The fourth-order valence-corrected chi connectivity index (χ4v) is 2.44. The minimum absolute atomic E-state index is 0.279. The highest BCUT2D eigenvalue weighted by molar-refractivity contribution is 5.93. The Morgan fingerprint density at radius 3 is 2.72 bits per heavy atom. The molecule has 0 saturated heterocycles. The lowest BCUT2D eigenvalue weighted by atomic mass is 10.1. The lowest BCUT2D eigenvalue weighted by Crippen LogP contribution is -2.28. The molecule has 0 radical (unpaired) electrons. The van der Waals surface area contributed by atoms with Crippen LogP contribution in [0.15, 0.2) is 60.7 Å². The summed E-state index contributed by atoms with van der Waals surface area (Å²) in [5, 5.41) is 6.95. The Bertz CT molecular complexity index is 862. The molecule has 3 aromatic rings. The van der Waals surface area contributed by atoms with Gasteiger partial charge in [-0.25, -0.2) is 4.39 Å². The first kappa shape index (κ1) is 16.7. The van der Waals surface area contributed by atoms with Gasteiger partial charge in [-0.15, -0.1) is 0 Å². The second-order valence-corrected chi connectivity index (χ2v) is 5.47. The molecule has 0 bridgehead atoms. The Labute approximate surface area is 145 Å². The van der Waals surface area contributed by atoms with Crippen molar-refractivity contribution in [3.05, 3.63) is 72.2 Å². The highest BCUT2D eigenvalue weighted by Crippen LogP contribution is 2.20. The van der Waals surface area contributed by atoms with E-state index in [1.807, 2.05) is 30.3 Å². The molecular formula is C19H18FN3O2. The molecule has 1 heterocycles. The second-order valence-electron chi connectivity index (χ2n) is 5.47. The maximum absolute atomic E-state index is 13.4. The van der Waals surface area contributed by atoms with Crippen molar-refractivity contribution in [2.45, 2.75) is 0 Å². The highest BCUT2D eigenvalue weighted by atomic mass is 19.1. The van der Waals surface area contributed by atoms with E-state index in [9.17, 15) is 9.18 Å². The Kier molecular flexibility index (Phi) is 5.09. The molecule has 6 heteroatoms. The number of halogens is 1. The molecular weight excluding hydrogens is 321 g/mol. The lowest BCUT2D eigenvalue weighted by Gasteiger charge is -2.06. The minimum atomic E-state index is -0.331. The summed E-state index contributed by atoms with van der Waals surface area (Å²) >= 11 is 0. The molecule has 2 aromatic carbocycles. The largest absolute Gasteiger partial charge is 0.492 e. The van der Waals surface area contributed by atoms with Gasteiger partial charge in [0.15, 0.2) is 5.69 Å². The van der Waals surface area contributed by atoms with Crippen molar-refractivity contribution in [1.29, 1.82) is 0 Å². The molecule has 0 unspecified atom stereocenters. The Balaban J connectivity index is 1.58. The third-order valence-electron chi connectivity index (χ3n) is 3.63. The molecule has 0 aliphatic carbocycles. The number of benzene rings is 2. The summed E-state index contributed by atoms with van der Waals surface area (Å²) < 4.78 is 20.5. The van der Waals surface area contributed by atoms with Crippen LogP contribution in [0.5, 0.6) is 5.75 Å². The smallest absolute Gasteiger partial charge is 0.271 e. The van der Waals surface area contributed by atoms with Gasteiger partial charge in [0.25, 0.3) is 5.91 Å². The van der Waals surface area contributed by atoms with Gasteiger partial charge in [-0.2, -0.15) is 5.10 Å². The van der Waals surface area contributed by atoms with Crippen molar-refractivity contribution in [3.63, 3.8) is 0 Å². The van der Waals surface area contributed by atoms with Crippen LogP contribution >= 0.6 is 0 Å². The summed E-state index contributed by atoms with van der Waals surface area (Å²) in [6, 6.07) is 17.2. The Hall–Kier alpha value is -3.15. The molecule has 1 amide bonds. The standard InChI is InChI=1S/C19H18FN3O2/c1-23-18(14-6-5-7-15(20)12-14)13-17(22-23)19(24)21-10-11-25-16-8-3-2-4-9-16/h2-9,12-13H,10-11H2,1H3,(H,21,24). The number of rotatable bonds is 6. The van der Waals surface area contributed by atoms with Gasteiger partial charge in [0.2, 0.25) is 0 Å². The van der Waals surface area contributed by atoms with Gasteiger partial charge in [-0.1, -0.05) is 30.3 Å². The quantitative estimate of drug-likeness (QED) is 0.702. The number of aryl methyl sites for hydroxylation is 1. The van der Waals surface area contributed by atoms with Crippen molar-refractivity contribution < 1.29 is 13.9 Å². The zero-order chi connectivity index (χ0) is 17.6. The molecule has 1 N–H and O–H groups in total. The third kappa shape index (κ3) is 4.23. The van der Waals surface area contributed by atoms with Crippen LogP contribution in [0.3, 0.4) is 0 Å². The van der Waals surface area contributed by atoms with E-state index in [1.165, 1.54) is 12.1 Å². The van der Waals surface area contributed by atoms with E-state index in [1.54, 1.807) is 29.9 Å². The molecule has 25 heavy (non-hydrogen) atoms. The number of nitrogens with zero attached hydrogens (tertiary/aromatic N) is 2. The van der Waals surface area contributed by atoms with Gasteiger partial charge in [-0.3, -0.25) is 9.48 Å². The topological polar surface area (TPSA) is 56.2 Å². The van der Waals surface area contributed by atoms with Crippen LogP contribution in [-0.4, -0.2) is 28.8 Å². The van der Waals surface area contributed by atoms with E-state index in [-0.39, 0.29) is 17.4 Å². The van der Waals surface area contributed by atoms with E-state index in [4.69, 9.17) is 4.74 Å². The predicted molar refractivity (Wildman–Crippen MR) is 92.9 cm³/mol. The van der Waals surface area contributed by atoms with E-state index < -0.39 is 0 Å². The van der Waals surface area contributed by atoms with Crippen LogP contribution in [0, 0.1) is 5.82 Å². The number of carbonyl (C=O) groups is 1. The van der Waals surface area contributed by atoms with Crippen molar-refractivity contribution >= 4 is 5.91 Å². The molecule has 0 atom stereocenters. The van der Waals surface area contributed by atoms with Crippen LogP contribution in [0.1, 0.15) is 10.5 Å². The molecule has 0 fully saturated rings. The van der Waals surface area contributed by atoms with Gasteiger partial charge in [0.05, 0.1) is 12.2 Å². The molecule has 5 nitrogen and oxygen atoms in total. The summed E-state index contributed by atoms with van der Waals surface area (Å²) in [7, 11) is 1.72. The molecule has 128 valence electrons. The second kappa shape index (κ2) is 7.61. The van der Waals surface area contributed by atoms with Crippen LogP contribution in [0.4, 0.5) is 4.39 Å². The van der Waals surface area contributed by atoms with Crippen LogP contribution < -0.4 is 10.1 Å². The molecule has 0 aliphatic heterocycles. The van der Waals surface area contributed by atoms with Crippen molar-refractivity contribution in [1.82, 2.24) is 15.1 Å². The maximum atomic E-state index is 13.4. The highest BCUT2D eigenvalue weighted by Gasteiger charge is 2.14. The molecule has 0 saturated carbocycles. The average Bonchev–Trinajstić information content (AvgIpc) is 3.01. The van der Waals surface area contributed by atoms with E-state index in [0.29, 0.717) is 24.4 Å². The fraction of sp³-hybridized carbons (Fsp3) is 0.158. The minimum Gasteiger partial charge on any atom is -0.492 e. The number of para-hydroxylation sites is 1. The van der Waals surface area contributed by atoms with Crippen LogP contribution in [0.25, 0.3) is 11.3 Å². The first-order valence-electron chi connectivity index (χ1n) is 7.89. The summed E-state index contributed by atoms with van der Waals surface area (Å²) in [6.45, 7) is 0.721. The normalized spacial score (nSPS) is 10.5. The Morgan fingerprint density at radius 1 is 1.16 bits per heavy atom. The molecule has 0 aliphatic rings. The predicted octanol–water partition coefficient (Wildman–Crippen LogP) is 3.04. The van der Waals surface area contributed by atoms with E-state index >= 15 is 0 Å². The molecule has 0 spiro atoms. The fourth-order valence-electron chi connectivity index (χ4n) is 2.44. The summed E-state index contributed by atoms with van der Waals surface area (Å²) in [6.07, 6.45) is 0. The molecule has 1 aromatic heterocycles. The van der Waals surface area contributed by atoms with Gasteiger partial charge >= 0.3 is 0 Å². The van der Waals surface area contributed by atoms with Gasteiger partial charge in [-0.05, 0) is 30.3 Å². The summed E-state index contributed by atoms with van der Waals surface area (Å²) in [5.41, 5.74) is 1.62. The number of hydrogen-bond acceptors (Lipinski definition) is 3. The number of nitrogens with one attached hydrogen (secondary N) is 1. The van der Waals surface area contributed by atoms with E-state index in [0.717, 1.165) is 5.75 Å². The first-order valence-corrected chi connectivity index (χ1v) is 7.89. The number of hydrogen-bond donors (Lipinski definition) is 1. The number of carbonyl (C=O) groups excluding carboxylic acids is 1. The lowest BCUT2D eigenvalue weighted by molar-refractivity contribution is 0.0941. The van der Waals surface area contributed by atoms with Crippen molar-refractivity contribution in [2.75, 3.05) is 13.2 Å². The SMILES string of the molecule is Cn1nc(C(=O)NCCOc2ccccc2)cc1-c1cccc(F)c1. The summed E-state index contributed by atoms with van der Waals surface area (Å²) in [4.78, 5) is 12.2. The van der Waals surface area contributed by atoms with E-state index in [2.05, 4.69) is 10.4 Å². The van der Waals surface area contributed by atoms with Gasteiger partial charge < -0.3 is 10.1 Å². The number of aromatic nitrogens is 2. The first-order chi connectivity index (χ1) is 12.1. The Morgan fingerprint density at radius 2 is 1.96 bits per heavy atom. The summed E-state index contributed by atoms with van der Waals surface area (Å²) in [5.74, 6) is 0.126. The van der Waals surface area contributed by atoms with Crippen molar-refractivity contribution in [2.24, 2.45) is 7.05 Å². The van der Waals surface area contributed by atoms with Crippen molar-refractivity contribution in [3.8, 4) is 17.0 Å². The zero-order valence-electron chi connectivity index (χ0n) is 13.8. The van der Waals surface area contributed by atoms with Crippen LogP contribution in [0.2, 0.25) is 0 Å². The van der Waals surface area contributed by atoms with Gasteiger partial charge in [0.1, 0.15) is 18.2 Å². The van der Waals surface area contributed by atoms with Gasteiger partial charge in [0, 0.05) is 12.6 Å². The zero-order valence-corrected chi connectivity index (χ0v) is 13.8. The average molecular weight is 339 g/mol. The third-order valence-corrected chi connectivity index (χ3v) is 3.63. The van der Waals surface area contributed by atoms with Crippen LogP contribution in [-0.2, 0) is 7.05 Å². The number of amides is 1. The monoisotopic (exact) mass is 339 g/mol.